The molecule has 0 fully saturated rings. The van der Waals surface area contributed by atoms with Crippen molar-refractivity contribution in [2.24, 2.45) is 0 Å². The van der Waals surface area contributed by atoms with Gasteiger partial charge in [0.25, 0.3) is 0 Å². The first-order valence-corrected chi connectivity index (χ1v) is 5.19. The average Bonchev–Trinajstić information content (AvgIpc) is 2.71. The van der Waals surface area contributed by atoms with Crippen molar-refractivity contribution in [3.05, 3.63) is 41.6 Å². The number of ether oxygens (including phenoxy) is 1. The Morgan fingerprint density at radius 1 is 1.35 bits per heavy atom. The van der Waals surface area contributed by atoms with Gasteiger partial charge in [0.2, 0.25) is 0 Å². The van der Waals surface area contributed by atoms with Crippen molar-refractivity contribution in [1.29, 1.82) is 0 Å². The highest BCUT2D eigenvalue weighted by Gasteiger charge is 2.12. The number of carbonyl (C=O) groups is 1. The van der Waals surface area contributed by atoms with E-state index in [0.29, 0.717) is 11.3 Å². The summed E-state index contributed by atoms with van der Waals surface area (Å²) in [5.74, 6) is -0.181. The number of aromatic amines is 1. The van der Waals surface area contributed by atoms with Gasteiger partial charge in [-0.3, -0.25) is 0 Å². The van der Waals surface area contributed by atoms with Crippen LogP contribution < -0.4 is 4.74 Å². The van der Waals surface area contributed by atoms with E-state index in [2.05, 4.69) is 4.98 Å². The highest BCUT2D eigenvalue weighted by Crippen LogP contribution is 2.25. The number of aromatic carboxylic acids is 1. The second-order valence-electron chi connectivity index (χ2n) is 3.76. The number of hydrogen-bond donors (Lipinski definition) is 2. The number of nitrogens with one attached hydrogen (secondary N) is 1. The fraction of sp³-hybridized carbons (Fsp3) is 0.154. The SMILES string of the molecule is COc1cccc(-c2cc(C(=O)O)c(C)[nH]2)c1. The van der Waals surface area contributed by atoms with Crippen LogP contribution in [0.5, 0.6) is 5.75 Å². The number of H-pyrrole nitrogens is 1. The third-order valence-corrected chi connectivity index (χ3v) is 2.63. The first-order valence-electron chi connectivity index (χ1n) is 5.19. The molecule has 1 aromatic heterocycles. The Labute approximate surface area is 98.9 Å². The molecule has 0 aliphatic heterocycles. The summed E-state index contributed by atoms with van der Waals surface area (Å²) in [6.45, 7) is 1.74. The third-order valence-electron chi connectivity index (χ3n) is 2.63. The van der Waals surface area contributed by atoms with E-state index in [0.717, 1.165) is 17.0 Å². The summed E-state index contributed by atoms with van der Waals surface area (Å²) >= 11 is 0. The second kappa shape index (κ2) is 4.33. The number of aromatic nitrogens is 1. The van der Waals surface area contributed by atoms with Gasteiger partial charge < -0.3 is 14.8 Å². The summed E-state index contributed by atoms with van der Waals surface area (Å²) in [5, 5.41) is 8.98. The van der Waals surface area contributed by atoms with E-state index in [4.69, 9.17) is 9.84 Å². The molecule has 0 saturated heterocycles. The number of carboxylic acid groups (broad SMARTS) is 1. The van der Waals surface area contributed by atoms with Gasteiger partial charge in [0, 0.05) is 17.0 Å². The maximum atomic E-state index is 10.9. The maximum absolute atomic E-state index is 10.9. The Morgan fingerprint density at radius 3 is 2.71 bits per heavy atom. The largest absolute Gasteiger partial charge is 0.497 e. The molecule has 2 aromatic rings. The van der Waals surface area contributed by atoms with Crippen LogP contribution in [-0.2, 0) is 0 Å². The zero-order valence-corrected chi connectivity index (χ0v) is 9.65. The Morgan fingerprint density at radius 2 is 2.12 bits per heavy atom. The van der Waals surface area contributed by atoms with Crippen molar-refractivity contribution in [3.8, 4) is 17.0 Å². The number of rotatable bonds is 3. The molecule has 2 rings (SSSR count). The molecule has 4 nitrogen and oxygen atoms in total. The van der Waals surface area contributed by atoms with E-state index < -0.39 is 5.97 Å². The van der Waals surface area contributed by atoms with Crippen LogP contribution in [0, 0.1) is 6.92 Å². The summed E-state index contributed by atoms with van der Waals surface area (Å²) in [6, 6.07) is 9.10. The fourth-order valence-electron chi connectivity index (χ4n) is 1.73. The monoisotopic (exact) mass is 231 g/mol. The van der Waals surface area contributed by atoms with Crippen molar-refractivity contribution in [2.45, 2.75) is 6.92 Å². The Balaban J connectivity index is 2.46. The van der Waals surface area contributed by atoms with E-state index >= 15 is 0 Å². The molecule has 0 unspecified atom stereocenters. The molecule has 0 bridgehead atoms. The van der Waals surface area contributed by atoms with E-state index in [1.807, 2.05) is 24.3 Å². The maximum Gasteiger partial charge on any atom is 0.337 e. The van der Waals surface area contributed by atoms with E-state index in [1.54, 1.807) is 20.1 Å². The van der Waals surface area contributed by atoms with Gasteiger partial charge in [-0.1, -0.05) is 12.1 Å². The highest BCUT2D eigenvalue weighted by molar-refractivity contribution is 5.90. The Bertz CT molecular complexity index is 558. The standard InChI is InChI=1S/C13H13NO3/c1-8-11(13(15)16)7-12(14-8)9-4-3-5-10(6-9)17-2/h3-7,14H,1-2H3,(H,15,16). The molecule has 0 spiro atoms. The lowest BCUT2D eigenvalue weighted by molar-refractivity contribution is 0.0696. The zero-order chi connectivity index (χ0) is 12.4. The number of carboxylic acids is 1. The highest BCUT2D eigenvalue weighted by atomic mass is 16.5. The molecule has 4 heteroatoms. The molecular formula is C13H13NO3. The molecule has 17 heavy (non-hydrogen) atoms. The van der Waals surface area contributed by atoms with Crippen molar-refractivity contribution in [3.63, 3.8) is 0 Å². The molecule has 0 aliphatic rings. The van der Waals surface area contributed by atoms with E-state index in [-0.39, 0.29) is 0 Å². The Hall–Kier alpha value is -2.23. The summed E-state index contributed by atoms with van der Waals surface area (Å²) in [7, 11) is 1.60. The molecule has 0 aliphatic carbocycles. The minimum Gasteiger partial charge on any atom is -0.497 e. The quantitative estimate of drug-likeness (QED) is 0.853. The Kier molecular flexibility index (Phi) is 2.87. The zero-order valence-electron chi connectivity index (χ0n) is 9.65. The van der Waals surface area contributed by atoms with Crippen molar-refractivity contribution in [1.82, 2.24) is 4.98 Å². The number of methoxy groups -OCH3 is 1. The van der Waals surface area contributed by atoms with Gasteiger partial charge in [-0.15, -0.1) is 0 Å². The average molecular weight is 231 g/mol. The van der Waals surface area contributed by atoms with Crippen molar-refractivity contribution < 1.29 is 14.6 Å². The first kappa shape index (κ1) is 11.3. The van der Waals surface area contributed by atoms with Crippen LogP contribution in [0.1, 0.15) is 16.1 Å². The molecule has 2 N–H and O–H groups in total. The second-order valence-corrected chi connectivity index (χ2v) is 3.76. The fourth-order valence-corrected chi connectivity index (χ4v) is 1.73. The smallest absolute Gasteiger partial charge is 0.337 e. The summed E-state index contributed by atoms with van der Waals surface area (Å²) in [4.78, 5) is 14.0. The van der Waals surface area contributed by atoms with Crippen LogP contribution in [0.2, 0.25) is 0 Å². The molecule has 0 radical (unpaired) electrons. The predicted octanol–water partition coefficient (Wildman–Crippen LogP) is 2.70. The number of hydrogen-bond acceptors (Lipinski definition) is 2. The van der Waals surface area contributed by atoms with Gasteiger partial charge in [-0.25, -0.2) is 4.79 Å². The molecule has 0 amide bonds. The topological polar surface area (TPSA) is 62.3 Å². The molecular weight excluding hydrogens is 218 g/mol. The predicted molar refractivity (Wildman–Crippen MR) is 64.5 cm³/mol. The number of benzene rings is 1. The first-order chi connectivity index (χ1) is 8.11. The molecule has 1 aromatic carbocycles. The molecule has 88 valence electrons. The lowest BCUT2D eigenvalue weighted by Crippen LogP contribution is -1.95. The molecule has 0 saturated carbocycles. The van der Waals surface area contributed by atoms with Gasteiger partial charge in [0.15, 0.2) is 0 Å². The molecule has 0 atom stereocenters. The van der Waals surface area contributed by atoms with Crippen LogP contribution in [0.3, 0.4) is 0 Å². The van der Waals surface area contributed by atoms with Crippen LogP contribution >= 0.6 is 0 Å². The van der Waals surface area contributed by atoms with E-state index in [1.165, 1.54) is 0 Å². The van der Waals surface area contributed by atoms with E-state index in [9.17, 15) is 4.79 Å². The van der Waals surface area contributed by atoms with Gasteiger partial charge in [0.1, 0.15) is 5.75 Å². The third kappa shape index (κ3) is 2.15. The van der Waals surface area contributed by atoms with Gasteiger partial charge >= 0.3 is 5.97 Å². The minimum atomic E-state index is -0.923. The van der Waals surface area contributed by atoms with Crippen molar-refractivity contribution >= 4 is 5.97 Å². The number of aryl methyl sites for hydroxylation is 1. The lowest BCUT2D eigenvalue weighted by Gasteiger charge is -2.02. The van der Waals surface area contributed by atoms with Crippen LogP contribution in [0.15, 0.2) is 30.3 Å². The summed E-state index contributed by atoms with van der Waals surface area (Å²) in [5.41, 5.74) is 2.62. The van der Waals surface area contributed by atoms with Gasteiger partial charge in [-0.05, 0) is 25.1 Å². The summed E-state index contributed by atoms with van der Waals surface area (Å²) in [6.07, 6.45) is 0. The van der Waals surface area contributed by atoms with Gasteiger partial charge in [0.05, 0.1) is 12.7 Å². The summed E-state index contributed by atoms with van der Waals surface area (Å²) < 4.78 is 5.13. The van der Waals surface area contributed by atoms with Crippen LogP contribution in [-0.4, -0.2) is 23.2 Å². The van der Waals surface area contributed by atoms with Crippen LogP contribution in [0.25, 0.3) is 11.3 Å². The lowest BCUT2D eigenvalue weighted by atomic mass is 10.1. The van der Waals surface area contributed by atoms with Crippen LogP contribution in [0.4, 0.5) is 0 Å². The molecule has 1 heterocycles. The van der Waals surface area contributed by atoms with Gasteiger partial charge in [-0.2, -0.15) is 0 Å². The minimum absolute atomic E-state index is 0.294. The normalized spacial score (nSPS) is 10.2. The van der Waals surface area contributed by atoms with Crippen molar-refractivity contribution in [2.75, 3.05) is 7.11 Å².